The normalized spacial score (nSPS) is 10.4. The molecule has 1 N–H and O–H groups in total. The molecule has 1 aromatic carbocycles. The second-order valence-corrected chi connectivity index (χ2v) is 4.73. The molecule has 0 bridgehead atoms. The van der Waals surface area contributed by atoms with Crippen LogP contribution in [0.3, 0.4) is 0 Å². The topological polar surface area (TPSA) is 51.6 Å². The van der Waals surface area contributed by atoms with Gasteiger partial charge in [-0.05, 0) is 36.2 Å². The number of hydrogen-bond acceptors (Lipinski definition) is 4. The quantitative estimate of drug-likeness (QED) is 0.811. The van der Waals surface area contributed by atoms with Crippen LogP contribution in [0.2, 0.25) is 0 Å². The zero-order valence-corrected chi connectivity index (χ0v) is 12.3. The summed E-state index contributed by atoms with van der Waals surface area (Å²) in [5.74, 6) is 1.45. The Morgan fingerprint density at radius 1 is 1.05 bits per heavy atom. The van der Waals surface area contributed by atoms with Crippen LogP contribution in [0.5, 0.6) is 11.5 Å². The lowest BCUT2D eigenvalue weighted by molar-refractivity contribution is 0.261. The number of nitrogens with zero attached hydrogens (tertiary/aromatic N) is 1. The minimum Gasteiger partial charge on any atom is -0.493 e. The molecule has 0 spiro atoms. The zero-order valence-electron chi connectivity index (χ0n) is 12.3. The van der Waals surface area contributed by atoms with E-state index < -0.39 is 0 Å². The average Bonchev–Trinajstić information content (AvgIpc) is 2.54. The largest absolute Gasteiger partial charge is 0.493 e. The molecule has 2 aromatic rings. The van der Waals surface area contributed by atoms with Crippen molar-refractivity contribution in [3.8, 4) is 11.5 Å². The Hall–Kier alpha value is -2.07. The molecule has 112 valence electrons. The highest BCUT2D eigenvalue weighted by Crippen LogP contribution is 2.25. The monoisotopic (exact) mass is 287 g/mol. The third-order valence-electron chi connectivity index (χ3n) is 3.08. The molecule has 0 saturated heterocycles. The molecule has 0 aliphatic rings. The van der Waals surface area contributed by atoms with Gasteiger partial charge >= 0.3 is 0 Å². The Balaban J connectivity index is 1.96. The lowest BCUT2D eigenvalue weighted by atomic mass is 10.2. The van der Waals surface area contributed by atoms with Crippen molar-refractivity contribution < 1.29 is 14.6 Å². The van der Waals surface area contributed by atoms with Gasteiger partial charge in [-0.1, -0.05) is 6.92 Å². The summed E-state index contributed by atoms with van der Waals surface area (Å²) in [5, 5.41) is 9.37. The maximum absolute atomic E-state index is 9.37. The molecule has 0 unspecified atom stereocenters. The Kier molecular flexibility index (Phi) is 6.03. The average molecular weight is 287 g/mol. The van der Waals surface area contributed by atoms with Crippen LogP contribution in [0.4, 0.5) is 0 Å². The van der Waals surface area contributed by atoms with Gasteiger partial charge in [0.05, 0.1) is 19.8 Å². The standard InChI is InChI=1S/C17H21NO3/c1-2-10-20-16-4-3-15(13-19)17(12-16)21-11-7-14-5-8-18-9-6-14/h3-6,8-9,12,19H,2,7,10-11,13H2,1H3. The predicted octanol–water partition coefficient (Wildman–Crippen LogP) is 2.98. The fourth-order valence-corrected chi connectivity index (χ4v) is 1.94. The van der Waals surface area contributed by atoms with Crippen LogP contribution in [0.15, 0.2) is 42.7 Å². The molecule has 4 nitrogen and oxygen atoms in total. The highest BCUT2D eigenvalue weighted by atomic mass is 16.5. The molecular formula is C17H21NO3. The van der Waals surface area contributed by atoms with Crippen molar-refractivity contribution in [1.82, 2.24) is 4.98 Å². The Morgan fingerprint density at radius 3 is 2.57 bits per heavy atom. The van der Waals surface area contributed by atoms with Crippen LogP contribution >= 0.6 is 0 Å². The molecule has 0 saturated carbocycles. The molecule has 0 radical (unpaired) electrons. The molecule has 0 aliphatic carbocycles. The number of aliphatic hydroxyl groups excluding tert-OH is 1. The van der Waals surface area contributed by atoms with E-state index in [9.17, 15) is 5.11 Å². The smallest absolute Gasteiger partial charge is 0.128 e. The second-order valence-electron chi connectivity index (χ2n) is 4.73. The number of ether oxygens (including phenoxy) is 2. The van der Waals surface area contributed by atoms with E-state index in [4.69, 9.17) is 9.47 Å². The number of pyridine rings is 1. The number of rotatable bonds is 8. The SMILES string of the molecule is CCCOc1ccc(CO)c(OCCc2ccncc2)c1. The lowest BCUT2D eigenvalue weighted by Crippen LogP contribution is -2.04. The van der Waals surface area contributed by atoms with E-state index in [1.807, 2.05) is 30.3 Å². The van der Waals surface area contributed by atoms with Crippen molar-refractivity contribution in [2.75, 3.05) is 13.2 Å². The third kappa shape index (κ3) is 4.76. The number of hydrogen-bond donors (Lipinski definition) is 1. The van der Waals surface area contributed by atoms with Crippen LogP contribution in [-0.4, -0.2) is 23.3 Å². The molecule has 0 fully saturated rings. The molecule has 4 heteroatoms. The van der Waals surface area contributed by atoms with Crippen LogP contribution in [0, 0.1) is 0 Å². The lowest BCUT2D eigenvalue weighted by Gasteiger charge is -2.12. The van der Waals surface area contributed by atoms with Gasteiger partial charge in [-0.3, -0.25) is 4.98 Å². The first-order chi connectivity index (χ1) is 10.3. The van der Waals surface area contributed by atoms with Gasteiger partial charge in [0.2, 0.25) is 0 Å². The van der Waals surface area contributed by atoms with Crippen LogP contribution < -0.4 is 9.47 Å². The molecule has 1 aromatic heterocycles. The second kappa shape index (κ2) is 8.27. The number of aliphatic hydroxyl groups is 1. The molecule has 0 amide bonds. The highest BCUT2D eigenvalue weighted by Gasteiger charge is 2.06. The summed E-state index contributed by atoms with van der Waals surface area (Å²) >= 11 is 0. The first-order valence-corrected chi connectivity index (χ1v) is 7.21. The fourth-order valence-electron chi connectivity index (χ4n) is 1.94. The molecule has 1 heterocycles. The fraction of sp³-hybridized carbons (Fsp3) is 0.353. The van der Waals surface area contributed by atoms with Gasteiger partial charge in [-0.2, -0.15) is 0 Å². The van der Waals surface area contributed by atoms with E-state index in [0.29, 0.717) is 19.0 Å². The van der Waals surface area contributed by atoms with Gasteiger partial charge in [0.25, 0.3) is 0 Å². The van der Waals surface area contributed by atoms with Gasteiger partial charge < -0.3 is 14.6 Å². The van der Waals surface area contributed by atoms with E-state index in [1.54, 1.807) is 12.4 Å². The molecule has 0 aliphatic heterocycles. The molecule has 2 rings (SSSR count). The first kappa shape index (κ1) is 15.3. The first-order valence-electron chi connectivity index (χ1n) is 7.21. The maximum atomic E-state index is 9.37. The minimum atomic E-state index is -0.0430. The van der Waals surface area contributed by atoms with Crippen molar-refractivity contribution >= 4 is 0 Å². The maximum Gasteiger partial charge on any atom is 0.128 e. The Morgan fingerprint density at radius 2 is 1.86 bits per heavy atom. The summed E-state index contributed by atoms with van der Waals surface area (Å²) in [4.78, 5) is 3.99. The summed E-state index contributed by atoms with van der Waals surface area (Å²) < 4.78 is 11.4. The molecular weight excluding hydrogens is 266 g/mol. The molecule has 21 heavy (non-hydrogen) atoms. The number of benzene rings is 1. The molecule has 0 atom stereocenters. The van der Waals surface area contributed by atoms with Crippen molar-refractivity contribution in [3.63, 3.8) is 0 Å². The van der Waals surface area contributed by atoms with Crippen LogP contribution in [0.1, 0.15) is 24.5 Å². The van der Waals surface area contributed by atoms with E-state index in [0.717, 1.165) is 24.2 Å². The number of aromatic nitrogens is 1. The van der Waals surface area contributed by atoms with Gasteiger partial charge in [0.15, 0.2) is 0 Å². The minimum absolute atomic E-state index is 0.0430. The summed E-state index contributed by atoms with van der Waals surface area (Å²) in [7, 11) is 0. The van der Waals surface area contributed by atoms with E-state index >= 15 is 0 Å². The van der Waals surface area contributed by atoms with Crippen molar-refractivity contribution in [3.05, 3.63) is 53.9 Å². The van der Waals surface area contributed by atoms with Gasteiger partial charge in [-0.15, -0.1) is 0 Å². The van der Waals surface area contributed by atoms with Crippen molar-refractivity contribution in [2.24, 2.45) is 0 Å². The summed E-state index contributed by atoms with van der Waals surface area (Å²) in [6, 6.07) is 9.48. The zero-order chi connectivity index (χ0) is 14.9. The summed E-state index contributed by atoms with van der Waals surface area (Å²) in [6.45, 7) is 3.25. The third-order valence-corrected chi connectivity index (χ3v) is 3.08. The van der Waals surface area contributed by atoms with Crippen LogP contribution in [0.25, 0.3) is 0 Å². The van der Waals surface area contributed by atoms with Crippen LogP contribution in [-0.2, 0) is 13.0 Å². The van der Waals surface area contributed by atoms with Crippen molar-refractivity contribution in [2.45, 2.75) is 26.4 Å². The van der Waals surface area contributed by atoms with E-state index in [1.165, 1.54) is 5.56 Å². The van der Waals surface area contributed by atoms with Gasteiger partial charge in [-0.25, -0.2) is 0 Å². The van der Waals surface area contributed by atoms with E-state index in [-0.39, 0.29) is 6.61 Å². The Bertz CT molecular complexity index is 543. The summed E-state index contributed by atoms with van der Waals surface area (Å²) in [6.07, 6.45) is 5.30. The predicted molar refractivity (Wildman–Crippen MR) is 81.6 cm³/mol. The van der Waals surface area contributed by atoms with Gasteiger partial charge in [0.1, 0.15) is 11.5 Å². The Labute approximate surface area is 125 Å². The summed E-state index contributed by atoms with van der Waals surface area (Å²) in [5.41, 5.74) is 1.95. The van der Waals surface area contributed by atoms with Crippen molar-refractivity contribution in [1.29, 1.82) is 0 Å². The highest BCUT2D eigenvalue weighted by molar-refractivity contribution is 5.40. The van der Waals surface area contributed by atoms with Gasteiger partial charge in [0, 0.05) is 30.4 Å². The van der Waals surface area contributed by atoms with E-state index in [2.05, 4.69) is 11.9 Å².